The van der Waals surface area contributed by atoms with E-state index in [2.05, 4.69) is 5.10 Å². The minimum Gasteiger partial charge on any atom is -0.451 e. The number of amides is 1. The summed E-state index contributed by atoms with van der Waals surface area (Å²) < 4.78 is 19.6. The molecule has 1 aliphatic rings. The Hall–Kier alpha value is -2.70. The Labute approximate surface area is 132 Å². The van der Waals surface area contributed by atoms with Crippen LogP contribution in [0.4, 0.5) is 4.39 Å². The van der Waals surface area contributed by atoms with Crippen LogP contribution in [0.3, 0.4) is 0 Å². The molecule has 6 nitrogen and oxygen atoms in total. The van der Waals surface area contributed by atoms with Crippen molar-refractivity contribution in [1.29, 1.82) is 0 Å². The van der Waals surface area contributed by atoms with Crippen molar-refractivity contribution in [1.82, 2.24) is 14.7 Å². The third-order valence-corrected chi connectivity index (χ3v) is 3.66. The predicted octanol–water partition coefficient (Wildman–Crippen LogP) is 1.79. The van der Waals surface area contributed by atoms with Crippen molar-refractivity contribution < 1.29 is 18.7 Å². The summed E-state index contributed by atoms with van der Waals surface area (Å²) in [5.41, 5.74) is 0.570. The van der Waals surface area contributed by atoms with Crippen molar-refractivity contribution in [2.75, 3.05) is 19.7 Å². The molecule has 0 bridgehead atoms. The van der Waals surface area contributed by atoms with Gasteiger partial charge in [0.25, 0.3) is 5.91 Å². The van der Waals surface area contributed by atoms with Gasteiger partial charge in [-0.2, -0.15) is 5.10 Å². The van der Waals surface area contributed by atoms with Crippen molar-refractivity contribution in [3.05, 3.63) is 48.0 Å². The molecule has 0 radical (unpaired) electrons. The molecule has 1 amide bonds. The van der Waals surface area contributed by atoms with Crippen LogP contribution >= 0.6 is 0 Å². The summed E-state index contributed by atoms with van der Waals surface area (Å²) in [4.78, 5) is 25.4. The average molecular weight is 317 g/mol. The third kappa shape index (κ3) is 3.56. The van der Waals surface area contributed by atoms with Gasteiger partial charge in [-0.3, -0.25) is 4.79 Å². The minimum absolute atomic E-state index is 0.0727. The number of nitrogens with zero attached hydrogens (tertiary/aromatic N) is 3. The highest BCUT2D eigenvalue weighted by atomic mass is 19.1. The number of aromatic nitrogens is 2. The number of hydrogen-bond donors (Lipinski definition) is 0. The molecule has 0 atom stereocenters. The highest BCUT2D eigenvalue weighted by Gasteiger charge is 2.20. The van der Waals surface area contributed by atoms with E-state index >= 15 is 0 Å². The van der Waals surface area contributed by atoms with Crippen molar-refractivity contribution in [3.8, 4) is 5.69 Å². The maximum Gasteiger partial charge on any atom is 0.359 e. The Morgan fingerprint density at radius 2 is 2.00 bits per heavy atom. The van der Waals surface area contributed by atoms with Crippen molar-refractivity contribution in [3.63, 3.8) is 0 Å². The highest BCUT2D eigenvalue weighted by Crippen LogP contribution is 2.11. The number of rotatable bonds is 4. The van der Waals surface area contributed by atoms with Gasteiger partial charge in [0.05, 0.1) is 5.69 Å². The molecule has 7 heteroatoms. The fourth-order valence-corrected chi connectivity index (χ4v) is 2.45. The fourth-order valence-electron chi connectivity index (χ4n) is 2.45. The molecule has 1 aromatic heterocycles. The summed E-state index contributed by atoms with van der Waals surface area (Å²) in [5.74, 6) is -1.26. The van der Waals surface area contributed by atoms with E-state index in [-0.39, 0.29) is 18.2 Å². The van der Waals surface area contributed by atoms with Crippen LogP contribution in [0.25, 0.3) is 5.69 Å². The van der Waals surface area contributed by atoms with Gasteiger partial charge in [0.1, 0.15) is 5.82 Å². The molecule has 2 heterocycles. The largest absolute Gasteiger partial charge is 0.451 e. The predicted molar refractivity (Wildman–Crippen MR) is 79.6 cm³/mol. The third-order valence-electron chi connectivity index (χ3n) is 3.66. The van der Waals surface area contributed by atoms with E-state index in [1.165, 1.54) is 29.1 Å². The fraction of sp³-hybridized carbons (Fsp3) is 0.312. The summed E-state index contributed by atoms with van der Waals surface area (Å²) in [6.45, 7) is 1.14. The van der Waals surface area contributed by atoms with E-state index in [9.17, 15) is 14.0 Å². The number of esters is 1. The van der Waals surface area contributed by atoms with Gasteiger partial charge in [0.2, 0.25) is 0 Å². The van der Waals surface area contributed by atoms with Crippen molar-refractivity contribution >= 4 is 11.9 Å². The Morgan fingerprint density at radius 1 is 1.22 bits per heavy atom. The Morgan fingerprint density at radius 3 is 2.74 bits per heavy atom. The molecule has 1 fully saturated rings. The first-order chi connectivity index (χ1) is 11.1. The molecule has 0 spiro atoms. The number of hydrogen-bond acceptors (Lipinski definition) is 4. The number of likely N-dealkylation sites (tertiary alicyclic amines) is 1. The number of ether oxygens (including phenoxy) is 1. The summed E-state index contributed by atoms with van der Waals surface area (Å²) in [6.07, 6.45) is 3.50. The lowest BCUT2D eigenvalue weighted by atomic mass is 10.3. The maximum absolute atomic E-state index is 13.2. The van der Waals surface area contributed by atoms with Gasteiger partial charge in [0.15, 0.2) is 12.3 Å². The molecule has 1 aliphatic heterocycles. The molecule has 2 aromatic rings. The van der Waals surface area contributed by atoms with Crippen LogP contribution in [0.5, 0.6) is 0 Å². The zero-order valence-electron chi connectivity index (χ0n) is 12.4. The van der Waals surface area contributed by atoms with Crippen LogP contribution < -0.4 is 0 Å². The van der Waals surface area contributed by atoms with E-state index in [1.807, 2.05) is 0 Å². The second-order valence-electron chi connectivity index (χ2n) is 5.29. The molecule has 3 rings (SSSR count). The first kappa shape index (κ1) is 15.2. The van der Waals surface area contributed by atoms with Crippen LogP contribution in [-0.2, 0) is 9.53 Å². The number of carbonyl (C=O) groups excluding carboxylic acids is 2. The van der Waals surface area contributed by atoms with Gasteiger partial charge in [0, 0.05) is 19.3 Å². The van der Waals surface area contributed by atoms with E-state index < -0.39 is 11.8 Å². The van der Waals surface area contributed by atoms with E-state index in [0.717, 1.165) is 12.8 Å². The van der Waals surface area contributed by atoms with Crippen LogP contribution in [-0.4, -0.2) is 46.3 Å². The van der Waals surface area contributed by atoms with Crippen LogP contribution in [0.1, 0.15) is 23.3 Å². The highest BCUT2D eigenvalue weighted by molar-refractivity contribution is 5.89. The summed E-state index contributed by atoms with van der Waals surface area (Å²) in [5, 5.41) is 4.05. The van der Waals surface area contributed by atoms with Gasteiger partial charge in [-0.1, -0.05) is 6.07 Å². The van der Waals surface area contributed by atoms with Gasteiger partial charge in [-0.25, -0.2) is 13.9 Å². The normalized spacial score (nSPS) is 14.0. The molecule has 0 saturated carbocycles. The minimum atomic E-state index is -0.673. The van der Waals surface area contributed by atoms with E-state index in [0.29, 0.717) is 18.8 Å². The van der Waals surface area contributed by atoms with Gasteiger partial charge in [-0.05, 0) is 37.1 Å². The first-order valence-corrected chi connectivity index (χ1v) is 7.40. The number of benzene rings is 1. The van der Waals surface area contributed by atoms with Crippen LogP contribution in [0.2, 0.25) is 0 Å². The smallest absolute Gasteiger partial charge is 0.359 e. The Kier molecular flexibility index (Phi) is 4.36. The monoisotopic (exact) mass is 317 g/mol. The summed E-state index contributed by atoms with van der Waals surface area (Å²) in [6, 6.07) is 7.32. The lowest BCUT2D eigenvalue weighted by molar-refractivity contribution is -0.133. The van der Waals surface area contributed by atoms with Crippen molar-refractivity contribution in [2.24, 2.45) is 0 Å². The van der Waals surface area contributed by atoms with Gasteiger partial charge in [-0.15, -0.1) is 0 Å². The number of carbonyl (C=O) groups is 2. The molecule has 0 aliphatic carbocycles. The summed E-state index contributed by atoms with van der Waals surface area (Å²) >= 11 is 0. The van der Waals surface area contributed by atoms with Crippen LogP contribution in [0, 0.1) is 5.82 Å². The average Bonchev–Trinajstić information content (AvgIpc) is 3.23. The standard InChI is InChI=1S/C16H16FN3O3/c17-12-4-3-5-13(10-12)20-9-6-14(18-20)16(22)23-11-15(21)19-7-1-2-8-19/h3-6,9-10H,1-2,7-8,11H2. The second kappa shape index (κ2) is 6.60. The molecule has 1 saturated heterocycles. The maximum atomic E-state index is 13.2. The molecule has 0 unspecified atom stereocenters. The molecule has 0 N–H and O–H groups in total. The van der Waals surface area contributed by atoms with Gasteiger partial charge >= 0.3 is 5.97 Å². The van der Waals surface area contributed by atoms with E-state index in [4.69, 9.17) is 4.74 Å². The first-order valence-electron chi connectivity index (χ1n) is 7.40. The van der Waals surface area contributed by atoms with E-state index in [1.54, 1.807) is 17.0 Å². The Bertz CT molecular complexity index is 723. The van der Waals surface area contributed by atoms with Crippen LogP contribution in [0.15, 0.2) is 36.5 Å². The topological polar surface area (TPSA) is 64.4 Å². The SMILES string of the molecule is O=C(OCC(=O)N1CCCC1)c1ccn(-c2cccc(F)c2)n1. The lowest BCUT2D eigenvalue weighted by Crippen LogP contribution is -2.32. The second-order valence-corrected chi connectivity index (χ2v) is 5.29. The lowest BCUT2D eigenvalue weighted by Gasteiger charge is -2.14. The van der Waals surface area contributed by atoms with Gasteiger partial charge < -0.3 is 9.64 Å². The summed E-state index contributed by atoms with van der Waals surface area (Å²) in [7, 11) is 0. The molecule has 23 heavy (non-hydrogen) atoms. The molecule has 120 valence electrons. The zero-order chi connectivity index (χ0) is 16.2. The Balaban J connectivity index is 1.61. The molecular formula is C16H16FN3O3. The molecular weight excluding hydrogens is 301 g/mol. The zero-order valence-corrected chi connectivity index (χ0v) is 12.4. The number of halogens is 1. The quantitative estimate of drug-likeness (QED) is 0.807. The van der Waals surface area contributed by atoms with Crippen molar-refractivity contribution in [2.45, 2.75) is 12.8 Å². The molecule has 1 aromatic carbocycles.